The Morgan fingerprint density at radius 3 is 2.59 bits per heavy atom. The Morgan fingerprint density at radius 1 is 1.41 bits per heavy atom. The van der Waals surface area contributed by atoms with E-state index in [1.807, 2.05) is 14.0 Å². The van der Waals surface area contributed by atoms with Gasteiger partial charge in [-0.2, -0.15) is 4.31 Å². The van der Waals surface area contributed by atoms with Gasteiger partial charge in [0.1, 0.15) is 0 Å². The highest BCUT2D eigenvalue weighted by molar-refractivity contribution is 7.89. The van der Waals surface area contributed by atoms with Gasteiger partial charge in [-0.05, 0) is 33.4 Å². The average Bonchev–Trinajstić information content (AvgIpc) is 2.49. The summed E-state index contributed by atoms with van der Waals surface area (Å²) in [4.78, 5) is 2.21. The molecule has 0 amide bonds. The Hall–Kier alpha value is -0.170. The first-order valence-electron chi connectivity index (χ1n) is 6.32. The second kappa shape index (κ2) is 6.13. The average molecular weight is 263 g/mol. The van der Waals surface area contributed by atoms with Crippen molar-refractivity contribution >= 4 is 10.0 Å². The second-order valence-electron chi connectivity index (χ2n) is 4.88. The minimum absolute atomic E-state index is 0.0847. The van der Waals surface area contributed by atoms with Gasteiger partial charge in [-0.3, -0.25) is 0 Å². The molecule has 2 atom stereocenters. The molecule has 0 saturated carbocycles. The van der Waals surface area contributed by atoms with Crippen LogP contribution in [0.15, 0.2) is 0 Å². The second-order valence-corrected chi connectivity index (χ2v) is 7.18. The molecule has 2 N–H and O–H groups in total. The summed E-state index contributed by atoms with van der Waals surface area (Å²) in [6.07, 6.45) is 1.74. The van der Waals surface area contributed by atoms with Crippen LogP contribution in [-0.2, 0) is 10.0 Å². The van der Waals surface area contributed by atoms with E-state index in [2.05, 4.69) is 4.90 Å². The van der Waals surface area contributed by atoms with E-state index in [-0.39, 0.29) is 12.6 Å². The normalized spacial score (nSPS) is 26.7. The monoisotopic (exact) mass is 263 g/mol. The third-order valence-electron chi connectivity index (χ3n) is 3.49. The van der Waals surface area contributed by atoms with Gasteiger partial charge in [0.15, 0.2) is 0 Å². The molecule has 1 fully saturated rings. The van der Waals surface area contributed by atoms with Gasteiger partial charge in [0, 0.05) is 25.7 Å². The highest BCUT2D eigenvalue weighted by Gasteiger charge is 2.34. The molecule has 5 nitrogen and oxygen atoms in total. The zero-order valence-electron chi connectivity index (χ0n) is 11.1. The topological polar surface area (TPSA) is 66.6 Å². The summed E-state index contributed by atoms with van der Waals surface area (Å²) in [6.45, 7) is 6.31. The predicted molar refractivity (Wildman–Crippen MR) is 70.3 cm³/mol. The molecule has 1 aliphatic rings. The molecule has 1 heterocycles. The quantitative estimate of drug-likeness (QED) is 0.780. The molecule has 2 unspecified atom stereocenters. The first kappa shape index (κ1) is 14.9. The van der Waals surface area contributed by atoms with Gasteiger partial charge in [0.2, 0.25) is 10.0 Å². The lowest BCUT2D eigenvalue weighted by Gasteiger charge is -2.31. The number of nitrogens with zero attached hydrogens (tertiary/aromatic N) is 2. The van der Waals surface area contributed by atoms with E-state index in [1.54, 1.807) is 11.2 Å². The molecule has 1 saturated heterocycles. The molecule has 0 aromatic rings. The van der Waals surface area contributed by atoms with Crippen molar-refractivity contribution in [2.75, 3.05) is 33.2 Å². The van der Waals surface area contributed by atoms with Crippen LogP contribution in [0, 0.1) is 0 Å². The van der Waals surface area contributed by atoms with Crippen molar-refractivity contribution in [2.24, 2.45) is 5.73 Å². The van der Waals surface area contributed by atoms with Crippen LogP contribution in [-0.4, -0.2) is 62.1 Å². The van der Waals surface area contributed by atoms with Gasteiger partial charge in [0.25, 0.3) is 0 Å². The predicted octanol–water partition coefficient (Wildman–Crippen LogP) is 0.0795. The molecule has 17 heavy (non-hydrogen) atoms. The fraction of sp³-hybridized carbons (Fsp3) is 1.00. The maximum atomic E-state index is 12.4. The Labute approximate surface area is 105 Å². The molecule has 0 radical (unpaired) electrons. The molecule has 6 heteroatoms. The molecule has 1 rings (SSSR count). The molecular weight excluding hydrogens is 238 g/mol. The van der Waals surface area contributed by atoms with Crippen LogP contribution in [0.1, 0.15) is 26.7 Å². The molecule has 0 aromatic heterocycles. The van der Waals surface area contributed by atoms with Gasteiger partial charge >= 0.3 is 0 Å². The van der Waals surface area contributed by atoms with Crippen molar-refractivity contribution in [3.05, 3.63) is 0 Å². The van der Waals surface area contributed by atoms with E-state index >= 15 is 0 Å². The third-order valence-corrected chi connectivity index (χ3v) is 5.83. The maximum absolute atomic E-state index is 12.4. The van der Waals surface area contributed by atoms with Crippen LogP contribution >= 0.6 is 0 Å². The van der Waals surface area contributed by atoms with Crippen molar-refractivity contribution in [1.29, 1.82) is 0 Å². The van der Waals surface area contributed by atoms with Crippen molar-refractivity contribution in [1.82, 2.24) is 9.21 Å². The van der Waals surface area contributed by atoms with Crippen LogP contribution in [0.4, 0.5) is 0 Å². The summed E-state index contributed by atoms with van der Waals surface area (Å²) in [7, 11) is -1.19. The number of likely N-dealkylation sites (N-methyl/N-ethyl adjacent to an activating group) is 1. The first-order chi connectivity index (χ1) is 7.93. The maximum Gasteiger partial charge on any atom is 0.218 e. The number of nitrogens with two attached hydrogens (primary N) is 1. The van der Waals surface area contributed by atoms with E-state index in [1.165, 1.54) is 0 Å². The largest absolute Gasteiger partial charge is 0.329 e. The van der Waals surface area contributed by atoms with E-state index in [0.29, 0.717) is 6.54 Å². The molecule has 0 aromatic carbocycles. The zero-order valence-corrected chi connectivity index (χ0v) is 11.9. The van der Waals surface area contributed by atoms with Gasteiger partial charge in [-0.15, -0.1) is 0 Å². The minimum Gasteiger partial charge on any atom is -0.329 e. The smallest absolute Gasteiger partial charge is 0.218 e. The molecule has 0 spiro atoms. The lowest BCUT2D eigenvalue weighted by molar-refractivity contribution is 0.269. The lowest BCUT2D eigenvalue weighted by atomic mass is 10.2. The fourth-order valence-corrected chi connectivity index (χ4v) is 3.96. The van der Waals surface area contributed by atoms with Crippen LogP contribution in [0.5, 0.6) is 0 Å². The number of hydrogen-bond acceptors (Lipinski definition) is 4. The standard InChI is InChI=1S/C11H25N3O2S/c1-4-11-9-13(3)6-5-7-14(11)17(15,16)10(2)8-12/h10-11H,4-9,12H2,1-3H3. The highest BCUT2D eigenvalue weighted by atomic mass is 32.2. The molecular formula is C11H25N3O2S. The van der Waals surface area contributed by atoms with E-state index in [4.69, 9.17) is 5.73 Å². The minimum atomic E-state index is -3.24. The Kier molecular flexibility index (Phi) is 5.37. The first-order valence-corrected chi connectivity index (χ1v) is 7.83. The number of hydrogen-bond donors (Lipinski definition) is 1. The SMILES string of the molecule is CCC1CN(C)CCCN1S(=O)(=O)C(C)CN. The Morgan fingerprint density at radius 2 is 2.06 bits per heavy atom. The summed E-state index contributed by atoms with van der Waals surface area (Å²) in [5, 5.41) is -0.486. The summed E-state index contributed by atoms with van der Waals surface area (Å²) in [5.41, 5.74) is 5.50. The van der Waals surface area contributed by atoms with Gasteiger partial charge in [-0.1, -0.05) is 6.92 Å². The van der Waals surface area contributed by atoms with Crippen LogP contribution in [0.25, 0.3) is 0 Å². The van der Waals surface area contributed by atoms with Crippen molar-refractivity contribution < 1.29 is 8.42 Å². The summed E-state index contributed by atoms with van der Waals surface area (Å²) < 4.78 is 26.4. The molecule has 102 valence electrons. The molecule has 0 bridgehead atoms. The van der Waals surface area contributed by atoms with Gasteiger partial charge in [0.05, 0.1) is 5.25 Å². The van der Waals surface area contributed by atoms with Gasteiger partial charge < -0.3 is 10.6 Å². The van der Waals surface area contributed by atoms with Crippen LogP contribution < -0.4 is 5.73 Å². The summed E-state index contributed by atoms with van der Waals surface area (Å²) in [6, 6.07) is 0.0847. The zero-order chi connectivity index (χ0) is 13.1. The lowest BCUT2D eigenvalue weighted by Crippen LogP contribution is -2.48. The summed E-state index contributed by atoms with van der Waals surface area (Å²) >= 11 is 0. The van der Waals surface area contributed by atoms with E-state index in [9.17, 15) is 8.42 Å². The number of sulfonamides is 1. The summed E-state index contributed by atoms with van der Waals surface area (Å²) in [5.74, 6) is 0. The van der Waals surface area contributed by atoms with Crippen molar-refractivity contribution in [2.45, 2.75) is 38.0 Å². The number of rotatable bonds is 4. The van der Waals surface area contributed by atoms with Crippen molar-refractivity contribution in [3.8, 4) is 0 Å². The molecule has 0 aliphatic carbocycles. The Bertz CT molecular complexity index is 332. The highest BCUT2D eigenvalue weighted by Crippen LogP contribution is 2.19. The van der Waals surface area contributed by atoms with Crippen LogP contribution in [0.3, 0.4) is 0 Å². The fourth-order valence-electron chi connectivity index (χ4n) is 2.24. The Balaban J connectivity index is 2.92. The van der Waals surface area contributed by atoms with Crippen molar-refractivity contribution in [3.63, 3.8) is 0 Å². The van der Waals surface area contributed by atoms with Gasteiger partial charge in [-0.25, -0.2) is 8.42 Å². The van der Waals surface area contributed by atoms with E-state index < -0.39 is 15.3 Å². The van der Waals surface area contributed by atoms with E-state index in [0.717, 1.165) is 25.9 Å². The molecule has 1 aliphatic heterocycles. The van der Waals surface area contributed by atoms with Crippen LogP contribution in [0.2, 0.25) is 0 Å². The third kappa shape index (κ3) is 3.40.